The summed E-state index contributed by atoms with van der Waals surface area (Å²) in [6, 6.07) is 2.90. The molecular formula is C13H16N2O3. The predicted molar refractivity (Wildman–Crippen MR) is 65.5 cm³/mol. The second-order valence-electron chi connectivity index (χ2n) is 4.55. The molecule has 0 radical (unpaired) electrons. The van der Waals surface area contributed by atoms with Gasteiger partial charge in [0, 0.05) is 24.8 Å². The van der Waals surface area contributed by atoms with Crippen LogP contribution in [0.3, 0.4) is 0 Å². The summed E-state index contributed by atoms with van der Waals surface area (Å²) in [5.41, 5.74) is 0.311. The summed E-state index contributed by atoms with van der Waals surface area (Å²) in [6.07, 6.45) is 3.46. The predicted octanol–water partition coefficient (Wildman–Crippen LogP) is 1.65. The second kappa shape index (κ2) is 5.16. The van der Waals surface area contributed by atoms with Gasteiger partial charge < -0.3 is 10.0 Å². The van der Waals surface area contributed by atoms with Gasteiger partial charge >= 0.3 is 5.97 Å². The van der Waals surface area contributed by atoms with E-state index in [4.69, 9.17) is 5.11 Å². The molecule has 0 aliphatic carbocycles. The van der Waals surface area contributed by atoms with Crippen molar-refractivity contribution in [1.29, 1.82) is 0 Å². The summed E-state index contributed by atoms with van der Waals surface area (Å²) < 4.78 is 0. The number of carboxylic acids is 1. The Morgan fingerprint density at radius 1 is 1.56 bits per heavy atom. The number of carboxylic acid groups (broad SMARTS) is 1. The van der Waals surface area contributed by atoms with Gasteiger partial charge in [0.1, 0.15) is 5.69 Å². The number of pyridine rings is 1. The van der Waals surface area contributed by atoms with E-state index in [2.05, 4.69) is 11.9 Å². The largest absolute Gasteiger partial charge is 0.477 e. The minimum atomic E-state index is -1.11. The molecule has 1 unspecified atom stereocenters. The zero-order valence-electron chi connectivity index (χ0n) is 10.3. The van der Waals surface area contributed by atoms with Gasteiger partial charge in [-0.05, 0) is 24.5 Å². The molecule has 1 aliphatic heterocycles. The van der Waals surface area contributed by atoms with Gasteiger partial charge in [-0.1, -0.05) is 13.3 Å². The molecule has 5 nitrogen and oxygen atoms in total. The first-order valence-electron chi connectivity index (χ1n) is 6.10. The van der Waals surface area contributed by atoms with Crippen LogP contribution in [-0.4, -0.2) is 40.0 Å². The Hall–Kier alpha value is -1.91. The van der Waals surface area contributed by atoms with E-state index in [0.29, 0.717) is 11.5 Å². The van der Waals surface area contributed by atoms with Crippen molar-refractivity contribution >= 4 is 11.9 Å². The van der Waals surface area contributed by atoms with Crippen LogP contribution in [-0.2, 0) is 0 Å². The molecule has 0 bridgehead atoms. The van der Waals surface area contributed by atoms with Crippen LogP contribution in [0.5, 0.6) is 0 Å². The molecule has 0 saturated carbocycles. The van der Waals surface area contributed by atoms with E-state index >= 15 is 0 Å². The van der Waals surface area contributed by atoms with E-state index in [0.717, 1.165) is 25.9 Å². The zero-order valence-corrected chi connectivity index (χ0v) is 10.3. The average Bonchev–Trinajstić information content (AvgIpc) is 2.86. The summed E-state index contributed by atoms with van der Waals surface area (Å²) in [7, 11) is 0. The molecule has 1 aromatic rings. The second-order valence-corrected chi connectivity index (χ2v) is 4.55. The van der Waals surface area contributed by atoms with E-state index in [1.54, 1.807) is 11.0 Å². The van der Waals surface area contributed by atoms with Crippen molar-refractivity contribution in [2.45, 2.75) is 19.8 Å². The number of nitrogens with zero attached hydrogens (tertiary/aromatic N) is 2. The SMILES string of the molecule is CCC1CCN(C(=O)c2ccnc(C(=O)O)c2)C1. The number of hydrogen-bond donors (Lipinski definition) is 1. The Bertz CT molecular complexity index is 473. The molecule has 1 saturated heterocycles. The molecule has 0 spiro atoms. The van der Waals surface area contributed by atoms with Crippen molar-refractivity contribution in [2.75, 3.05) is 13.1 Å². The molecule has 2 heterocycles. The molecule has 1 aromatic heterocycles. The Labute approximate surface area is 105 Å². The van der Waals surface area contributed by atoms with Gasteiger partial charge in [-0.15, -0.1) is 0 Å². The lowest BCUT2D eigenvalue weighted by molar-refractivity contribution is 0.0690. The van der Waals surface area contributed by atoms with Crippen LogP contribution in [0.25, 0.3) is 0 Å². The maximum Gasteiger partial charge on any atom is 0.354 e. The summed E-state index contributed by atoms with van der Waals surface area (Å²) in [6.45, 7) is 3.63. The maximum atomic E-state index is 12.2. The van der Waals surface area contributed by atoms with Crippen molar-refractivity contribution in [3.63, 3.8) is 0 Å². The van der Waals surface area contributed by atoms with Gasteiger partial charge in [0.05, 0.1) is 0 Å². The third-order valence-corrected chi connectivity index (χ3v) is 3.38. The van der Waals surface area contributed by atoms with E-state index in [1.807, 2.05) is 0 Å². The fraction of sp³-hybridized carbons (Fsp3) is 0.462. The van der Waals surface area contributed by atoms with E-state index in [9.17, 15) is 9.59 Å². The van der Waals surface area contributed by atoms with E-state index < -0.39 is 5.97 Å². The van der Waals surface area contributed by atoms with Crippen molar-refractivity contribution in [3.8, 4) is 0 Å². The standard InChI is InChI=1S/C13H16N2O3/c1-2-9-4-6-15(8-9)12(16)10-3-5-14-11(7-10)13(17)18/h3,5,7,9H,2,4,6,8H2,1H3,(H,17,18). The summed E-state index contributed by atoms with van der Waals surface area (Å²) in [5, 5.41) is 8.85. The molecule has 1 N–H and O–H groups in total. The summed E-state index contributed by atoms with van der Waals surface area (Å²) in [4.78, 5) is 28.5. The number of rotatable bonds is 3. The highest BCUT2D eigenvalue weighted by Gasteiger charge is 2.26. The van der Waals surface area contributed by atoms with Gasteiger partial charge in [-0.3, -0.25) is 4.79 Å². The van der Waals surface area contributed by atoms with Crippen LogP contribution in [0, 0.1) is 5.92 Å². The third-order valence-electron chi connectivity index (χ3n) is 3.38. The molecule has 18 heavy (non-hydrogen) atoms. The number of carbonyl (C=O) groups excluding carboxylic acids is 1. The van der Waals surface area contributed by atoms with Crippen molar-refractivity contribution in [2.24, 2.45) is 5.92 Å². The number of carbonyl (C=O) groups is 2. The molecule has 1 fully saturated rings. The van der Waals surface area contributed by atoms with Crippen LogP contribution >= 0.6 is 0 Å². The first-order valence-corrected chi connectivity index (χ1v) is 6.10. The van der Waals surface area contributed by atoms with Crippen LogP contribution in [0.2, 0.25) is 0 Å². The number of aromatic nitrogens is 1. The quantitative estimate of drug-likeness (QED) is 0.883. The van der Waals surface area contributed by atoms with Crippen molar-refractivity contribution in [3.05, 3.63) is 29.6 Å². The van der Waals surface area contributed by atoms with Gasteiger partial charge in [-0.2, -0.15) is 0 Å². The van der Waals surface area contributed by atoms with Gasteiger partial charge in [0.25, 0.3) is 5.91 Å². The molecule has 2 rings (SSSR count). The molecule has 1 atom stereocenters. The third kappa shape index (κ3) is 2.50. The van der Waals surface area contributed by atoms with Gasteiger partial charge in [0.15, 0.2) is 0 Å². The molecular weight excluding hydrogens is 232 g/mol. The Morgan fingerprint density at radius 3 is 2.94 bits per heavy atom. The number of hydrogen-bond acceptors (Lipinski definition) is 3. The maximum absolute atomic E-state index is 12.2. The molecule has 96 valence electrons. The number of aromatic carboxylic acids is 1. The fourth-order valence-electron chi connectivity index (χ4n) is 2.21. The van der Waals surface area contributed by atoms with Crippen LogP contribution in [0.4, 0.5) is 0 Å². The lowest BCUT2D eigenvalue weighted by Crippen LogP contribution is -2.28. The number of likely N-dealkylation sites (tertiary alicyclic amines) is 1. The lowest BCUT2D eigenvalue weighted by atomic mass is 10.1. The Balaban J connectivity index is 2.14. The molecule has 1 aliphatic rings. The first kappa shape index (κ1) is 12.5. The molecule has 0 aromatic carbocycles. The van der Waals surface area contributed by atoms with Gasteiger partial charge in [0.2, 0.25) is 0 Å². The highest BCUT2D eigenvalue weighted by molar-refractivity contribution is 5.96. The minimum Gasteiger partial charge on any atom is -0.477 e. The summed E-state index contributed by atoms with van der Waals surface area (Å²) >= 11 is 0. The zero-order chi connectivity index (χ0) is 13.1. The Kier molecular flexibility index (Phi) is 3.60. The fourth-order valence-corrected chi connectivity index (χ4v) is 2.21. The first-order chi connectivity index (χ1) is 8.61. The van der Waals surface area contributed by atoms with Gasteiger partial charge in [-0.25, -0.2) is 9.78 Å². The highest BCUT2D eigenvalue weighted by atomic mass is 16.4. The topological polar surface area (TPSA) is 70.5 Å². The minimum absolute atomic E-state index is 0.0907. The van der Waals surface area contributed by atoms with E-state index in [1.165, 1.54) is 12.3 Å². The average molecular weight is 248 g/mol. The lowest BCUT2D eigenvalue weighted by Gasteiger charge is -2.16. The smallest absolute Gasteiger partial charge is 0.354 e. The number of amides is 1. The van der Waals surface area contributed by atoms with Crippen LogP contribution in [0.1, 0.15) is 40.6 Å². The highest BCUT2D eigenvalue weighted by Crippen LogP contribution is 2.21. The van der Waals surface area contributed by atoms with Crippen LogP contribution < -0.4 is 0 Å². The molecule has 5 heteroatoms. The monoisotopic (exact) mass is 248 g/mol. The van der Waals surface area contributed by atoms with Crippen molar-refractivity contribution < 1.29 is 14.7 Å². The van der Waals surface area contributed by atoms with Crippen LogP contribution in [0.15, 0.2) is 18.3 Å². The van der Waals surface area contributed by atoms with E-state index in [-0.39, 0.29) is 11.6 Å². The summed E-state index contributed by atoms with van der Waals surface area (Å²) in [5.74, 6) is -0.650. The Morgan fingerprint density at radius 2 is 2.33 bits per heavy atom. The van der Waals surface area contributed by atoms with Crippen molar-refractivity contribution in [1.82, 2.24) is 9.88 Å². The molecule has 1 amide bonds. The normalized spacial score (nSPS) is 18.9.